The van der Waals surface area contributed by atoms with Crippen molar-refractivity contribution in [2.45, 2.75) is 13.3 Å². The third-order valence-electron chi connectivity index (χ3n) is 2.41. The number of ether oxygens (including phenoxy) is 1. The average Bonchev–Trinajstić information content (AvgIpc) is 2.35. The Hall–Kier alpha value is -2.09. The van der Waals surface area contributed by atoms with Crippen LogP contribution in [0.1, 0.15) is 18.9 Å². The molecule has 1 aromatic rings. The van der Waals surface area contributed by atoms with Gasteiger partial charge in [-0.15, -0.1) is 0 Å². The summed E-state index contributed by atoms with van der Waals surface area (Å²) in [7, 11) is 1.73. The summed E-state index contributed by atoms with van der Waals surface area (Å²) in [6.07, 6.45) is 0.225. The highest BCUT2D eigenvalue weighted by Gasteiger charge is 2.08. The number of nitriles is 1. The predicted molar refractivity (Wildman–Crippen MR) is 65.6 cm³/mol. The van der Waals surface area contributed by atoms with Gasteiger partial charge in [0.05, 0.1) is 24.7 Å². The molecule has 4 nitrogen and oxygen atoms in total. The van der Waals surface area contributed by atoms with Crippen LogP contribution in [0.15, 0.2) is 18.2 Å². The molecule has 0 amide bonds. The molecule has 0 saturated carbocycles. The number of halogens is 1. The smallest absolute Gasteiger partial charge is 0.307 e. The molecule has 0 unspecified atom stereocenters. The molecular weight excluding hydrogens is 235 g/mol. The number of esters is 1. The molecule has 0 heterocycles. The van der Waals surface area contributed by atoms with Crippen molar-refractivity contribution in [3.63, 3.8) is 0 Å². The van der Waals surface area contributed by atoms with Gasteiger partial charge in [0.1, 0.15) is 5.82 Å². The number of hydrogen-bond acceptors (Lipinski definition) is 4. The number of carbonyl (C=O) groups excluding carboxylic acids is 1. The number of nitrogens with zero attached hydrogens (tertiary/aromatic N) is 2. The molecule has 0 aromatic heterocycles. The van der Waals surface area contributed by atoms with E-state index in [4.69, 9.17) is 10.00 Å². The van der Waals surface area contributed by atoms with E-state index in [9.17, 15) is 9.18 Å². The van der Waals surface area contributed by atoms with Gasteiger partial charge in [0, 0.05) is 19.3 Å². The van der Waals surface area contributed by atoms with Crippen molar-refractivity contribution in [2.75, 3.05) is 25.1 Å². The Balaban J connectivity index is 2.67. The van der Waals surface area contributed by atoms with Gasteiger partial charge < -0.3 is 9.64 Å². The van der Waals surface area contributed by atoms with Crippen LogP contribution >= 0.6 is 0 Å². The maximum absolute atomic E-state index is 13.2. The van der Waals surface area contributed by atoms with E-state index in [0.717, 1.165) is 0 Å². The zero-order chi connectivity index (χ0) is 13.5. The Morgan fingerprint density at radius 1 is 1.50 bits per heavy atom. The highest BCUT2D eigenvalue weighted by Crippen LogP contribution is 2.17. The summed E-state index contributed by atoms with van der Waals surface area (Å²) in [5.74, 6) is -0.756. The van der Waals surface area contributed by atoms with E-state index in [2.05, 4.69) is 0 Å². The Morgan fingerprint density at radius 2 is 2.22 bits per heavy atom. The minimum atomic E-state index is -0.466. The van der Waals surface area contributed by atoms with E-state index in [1.54, 1.807) is 24.9 Å². The molecular formula is C13H15FN2O2. The Kier molecular flexibility index (Phi) is 5.12. The van der Waals surface area contributed by atoms with Crippen LogP contribution in [-0.4, -0.2) is 26.2 Å². The molecule has 0 spiro atoms. The maximum atomic E-state index is 13.2. The predicted octanol–water partition coefficient (Wildman–Crippen LogP) is 2.09. The lowest BCUT2D eigenvalue weighted by Crippen LogP contribution is -2.22. The van der Waals surface area contributed by atoms with Gasteiger partial charge in [-0.2, -0.15) is 5.26 Å². The van der Waals surface area contributed by atoms with Gasteiger partial charge in [-0.3, -0.25) is 4.79 Å². The lowest BCUT2D eigenvalue weighted by atomic mass is 10.2. The molecule has 18 heavy (non-hydrogen) atoms. The fourth-order valence-corrected chi connectivity index (χ4v) is 1.48. The van der Waals surface area contributed by atoms with Crippen molar-refractivity contribution in [2.24, 2.45) is 0 Å². The summed E-state index contributed by atoms with van der Waals surface area (Å²) < 4.78 is 18.0. The van der Waals surface area contributed by atoms with E-state index in [-0.39, 0.29) is 18.0 Å². The zero-order valence-corrected chi connectivity index (χ0v) is 10.4. The summed E-state index contributed by atoms with van der Waals surface area (Å²) in [4.78, 5) is 12.9. The largest absolute Gasteiger partial charge is 0.466 e. The average molecular weight is 250 g/mol. The molecule has 0 aliphatic heterocycles. The summed E-state index contributed by atoms with van der Waals surface area (Å²) in [5.41, 5.74) is 0.823. The van der Waals surface area contributed by atoms with Crippen LogP contribution in [-0.2, 0) is 9.53 Å². The number of benzene rings is 1. The quantitative estimate of drug-likeness (QED) is 0.751. The number of carbonyl (C=O) groups is 1. The normalized spacial score (nSPS) is 9.67. The standard InChI is InChI=1S/C13H15FN2O2/c1-3-18-13(17)4-5-16(2)12-7-10(9-15)6-11(14)8-12/h6-8H,3-5H2,1-2H3. The van der Waals surface area contributed by atoms with Crippen LogP contribution in [0.3, 0.4) is 0 Å². The van der Waals surface area contributed by atoms with E-state index >= 15 is 0 Å². The molecule has 0 fully saturated rings. The van der Waals surface area contributed by atoms with Crippen molar-refractivity contribution in [1.29, 1.82) is 5.26 Å². The summed E-state index contributed by atoms with van der Waals surface area (Å²) >= 11 is 0. The summed E-state index contributed by atoms with van der Waals surface area (Å²) in [6, 6.07) is 5.96. The second-order valence-corrected chi connectivity index (χ2v) is 3.79. The highest BCUT2D eigenvalue weighted by atomic mass is 19.1. The van der Waals surface area contributed by atoms with E-state index in [0.29, 0.717) is 18.8 Å². The molecule has 0 atom stereocenters. The molecule has 0 N–H and O–H groups in total. The summed E-state index contributed by atoms with van der Waals surface area (Å²) in [6.45, 7) is 2.50. The van der Waals surface area contributed by atoms with Crippen LogP contribution in [0.4, 0.5) is 10.1 Å². The van der Waals surface area contributed by atoms with Crippen LogP contribution < -0.4 is 4.90 Å². The van der Waals surface area contributed by atoms with E-state index < -0.39 is 5.82 Å². The maximum Gasteiger partial charge on any atom is 0.307 e. The minimum Gasteiger partial charge on any atom is -0.466 e. The van der Waals surface area contributed by atoms with Crippen LogP contribution in [0.2, 0.25) is 0 Å². The highest BCUT2D eigenvalue weighted by molar-refractivity contribution is 5.70. The third-order valence-corrected chi connectivity index (χ3v) is 2.41. The Bertz CT molecular complexity index is 469. The van der Waals surface area contributed by atoms with E-state index in [1.807, 2.05) is 6.07 Å². The molecule has 0 bridgehead atoms. The lowest BCUT2D eigenvalue weighted by Gasteiger charge is -2.19. The topological polar surface area (TPSA) is 53.3 Å². The molecule has 0 aliphatic rings. The fourth-order valence-electron chi connectivity index (χ4n) is 1.48. The first-order valence-corrected chi connectivity index (χ1v) is 5.64. The van der Waals surface area contributed by atoms with Gasteiger partial charge in [0.2, 0.25) is 0 Å². The molecule has 5 heteroatoms. The minimum absolute atomic E-state index is 0.225. The second kappa shape index (κ2) is 6.60. The number of hydrogen-bond donors (Lipinski definition) is 0. The first kappa shape index (κ1) is 14.0. The molecule has 0 saturated heterocycles. The van der Waals surface area contributed by atoms with Crippen LogP contribution in [0.5, 0.6) is 0 Å². The lowest BCUT2D eigenvalue weighted by molar-refractivity contribution is -0.142. The number of anilines is 1. The third kappa shape index (κ3) is 4.06. The first-order chi connectivity index (χ1) is 8.56. The molecule has 1 aromatic carbocycles. The second-order valence-electron chi connectivity index (χ2n) is 3.79. The molecule has 0 radical (unpaired) electrons. The fraction of sp³-hybridized carbons (Fsp3) is 0.385. The van der Waals surface area contributed by atoms with Crippen molar-refractivity contribution >= 4 is 11.7 Å². The zero-order valence-electron chi connectivity index (χ0n) is 10.4. The van der Waals surface area contributed by atoms with Crippen molar-refractivity contribution in [1.82, 2.24) is 0 Å². The van der Waals surface area contributed by atoms with E-state index in [1.165, 1.54) is 12.1 Å². The molecule has 1 rings (SSSR count). The van der Waals surface area contributed by atoms with Gasteiger partial charge in [0.15, 0.2) is 0 Å². The van der Waals surface area contributed by atoms with Crippen molar-refractivity contribution in [3.05, 3.63) is 29.6 Å². The number of rotatable bonds is 5. The van der Waals surface area contributed by atoms with Gasteiger partial charge in [-0.25, -0.2) is 4.39 Å². The monoisotopic (exact) mass is 250 g/mol. The SMILES string of the molecule is CCOC(=O)CCN(C)c1cc(F)cc(C#N)c1. The first-order valence-electron chi connectivity index (χ1n) is 5.64. The van der Waals surface area contributed by atoms with Crippen LogP contribution in [0, 0.1) is 17.1 Å². The van der Waals surface area contributed by atoms with Gasteiger partial charge in [-0.1, -0.05) is 0 Å². The van der Waals surface area contributed by atoms with Crippen molar-refractivity contribution in [3.8, 4) is 6.07 Å². The Labute approximate surface area is 106 Å². The Morgan fingerprint density at radius 3 is 2.83 bits per heavy atom. The van der Waals surface area contributed by atoms with Crippen molar-refractivity contribution < 1.29 is 13.9 Å². The van der Waals surface area contributed by atoms with Gasteiger partial charge in [-0.05, 0) is 25.1 Å². The van der Waals surface area contributed by atoms with Gasteiger partial charge >= 0.3 is 5.97 Å². The van der Waals surface area contributed by atoms with Crippen LogP contribution in [0.25, 0.3) is 0 Å². The summed E-state index contributed by atoms with van der Waals surface area (Å²) in [5, 5.41) is 8.75. The molecule has 0 aliphatic carbocycles. The van der Waals surface area contributed by atoms with Gasteiger partial charge in [0.25, 0.3) is 0 Å². The molecule has 96 valence electrons.